The van der Waals surface area contributed by atoms with E-state index in [1.165, 1.54) is 4.90 Å². The number of imidazole rings is 1. The van der Waals surface area contributed by atoms with Gasteiger partial charge in [0.25, 0.3) is 0 Å². The molecule has 1 amide bonds. The average molecular weight is 474 g/mol. The molecule has 0 saturated heterocycles. The molecule has 1 aromatic carbocycles. The molecular weight excluding hydrogens is 450 g/mol. The van der Waals surface area contributed by atoms with Crippen molar-refractivity contribution in [2.75, 3.05) is 6.54 Å². The molecule has 2 N–H and O–H groups in total. The lowest BCUT2D eigenvalue weighted by molar-refractivity contribution is -0.148. The zero-order valence-corrected chi connectivity index (χ0v) is 17.8. The van der Waals surface area contributed by atoms with E-state index in [0.29, 0.717) is 23.5 Å². The first-order chi connectivity index (χ1) is 15.5. The molecule has 0 bridgehead atoms. The third kappa shape index (κ3) is 4.87. The Hall–Kier alpha value is -2.56. The van der Waals surface area contributed by atoms with Crippen molar-refractivity contribution in [1.82, 2.24) is 14.5 Å². The molecule has 1 aromatic heterocycles. The summed E-state index contributed by atoms with van der Waals surface area (Å²) in [7, 11) is 0. The molecule has 0 spiro atoms. The molecule has 2 aromatic rings. The predicted molar refractivity (Wildman–Crippen MR) is 106 cm³/mol. The van der Waals surface area contributed by atoms with Crippen molar-refractivity contribution in [3.05, 3.63) is 52.4 Å². The Morgan fingerprint density at radius 2 is 1.76 bits per heavy atom. The molecule has 1 unspecified atom stereocenters. The van der Waals surface area contributed by atoms with Gasteiger partial charge in [-0.1, -0.05) is 12.8 Å². The first-order valence-electron chi connectivity index (χ1n) is 10.9. The molecule has 2 heterocycles. The fourth-order valence-electron chi connectivity index (χ4n) is 4.78. The van der Waals surface area contributed by atoms with E-state index in [4.69, 9.17) is 5.73 Å². The summed E-state index contributed by atoms with van der Waals surface area (Å²) in [6.45, 7) is 0.00428. The fraction of sp³-hybridized carbons (Fsp3) is 0.545. The summed E-state index contributed by atoms with van der Waals surface area (Å²) in [6, 6.07) is 0.262. The van der Waals surface area contributed by atoms with E-state index in [1.807, 2.05) is 0 Å². The van der Waals surface area contributed by atoms with Crippen LogP contribution in [0.15, 0.2) is 12.1 Å². The quantitative estimate of drug-likeness (QED) is 0.520. The van der Waals surface area contributed by atoms with Crippen LogP contribution in [0.5, 0.6) is 0 Å². The number of hydrogen-bond donors (Lipinski definition) is 1. The molecule has 33 heavy (non-hydrogen) atoms. The van der Waals surface area contributed by atoms with Gasteiger partial charge in [0.1, 0.15) is 5.82 Å². The van der Waals surface area contributed by atoms with Gasteiger partial charge in [0.15, 0.2) is 11.6 Å². The number of benzene rings is 1. The smallest absolute Gasteiger partial charge is 0.335 e. The third-order valence-electron chi connectivity index (χ3n) is 6.39. The van der Waals surface area contributed by atoms with E-state index < -0.39 is 41.4 Å². The van der Waals surface area contributed by atoms with Crippen molar-refractivity contribution in [2.24, 2.45) is 5.73 Å². The zero-order chi connectivity index (χ0) is 23.9. The maximum atomic E-state index is 13.9. The number of carbonyl (C=O) groups is 1. The van der Waals surface area contributed by atoms with E-state index in [9.17, 15) is 31.1 Å². The number of rotatable bonds is 5. The van der Waals surface area contributed by atoms with Crippen molar-refractivity contribution < 1.29 is 31.1 Å². The van der Waals surface area contributed by atoms with Crippen LogP contribution in [0.1, 0.15) is 60.8 Å². The molecule has 180 valence electrons. The molecule has 0 radical (unpaired) electrons. The molecular formula is C22H24F6N4O. The van der Waals surface area contributed by atoms with E-state index >= 15 is 0 Å². The van der Waals surface area contributed by atoms with Gasteiger partial charge in [0.2, 0.25) is 11.7 Å². The summed E-state index contributed by atoms with van der Waals surface area (Å²) in [5, 5.41) is 0. The van der Waals surface area contributed by atoms with Gasteiger partial charge in [-0.15, -0.1) is 0 Å². The second-order valence-corrected chi connectivity index (χ2v) is 8.74. The Labute approximate surface area is 186 Å². The van der Waals surface area contributed by atoms with Crippen LogP contribution in [0.4, 0.5) is 26.3 Å². The molecule has 5 nitrogen and oxygen atoms in total. The van der Waals surface area contributed by atoms with Gasteiger partial charge in [-0.3, -0.25) is 4.79 Å². The van der Waals surface area contributed by atoms with Crippen LogP contribution in [0.25, 0.3) is 0 Å². The fourth-order valence-corrected chi connectivity index (χ4v) is 4.78. The highest BCUT2D eigenvalue weighted by molar-refractivity contribution is 5.77. The van der Waals surface area contributed by atoms with E-state index in [2.05, 4.69) is 4.98 Å². The van der Waals surface area contributed by atoms with Crippen molar-refractivity contribution in [2.45, 2.75) is 69.8 Å². The second kappa shape index (κ2) is 9.00. The van der Waals surface area contributed by atoms with Crippen LogP contribution in [-0.4, -0.2) is 32.9 Å². The Morgan fingerprint density at radius 1 is 1.09 bits per heavy atom. The maximum Gasteiger partial charge on any atom is 0.449 e. The Kier molecular flexibility index (Phi) is 6.43. The second-order valence-electron chi connectivity index (χ2n) is 8.74. The number of aromatic nitrogens is 2. The number of alkyl halides is 3. The minimum atomic E-state index is -4.59. The number of nitrogens with two attached hydrogens (primary N) is 1. The first kappa shape index (κ1) is 23.6. The monoisotopic (exact) mass is 474 g/mol. The number of halogens is 6. The van der Waals surface area contributed by atoms with Gasteiger partial charge in [-0.2, -0.15) is 13.2 Å². The summed E-state index contributed by atoms with van der Waals surface area (Å²) < 4.78 is 82.2. The molecule has 11 heteroatoms. The normalized spacial score (nSPS) is 18.0. The van der Waals surface area contributed by atoms with Gasteiger partial charge in [-0.25, -0.2) is 18.2 Å². The minimum absolute atomic E-state index is 0.0139. The van der Waals surface area contributed by atoms with Gasteiger partial charge in [0, 0.05) is 37.5 Å². The first-order valence-corrected chi connectivity index (χ1v) is 10.9. The van der Waals surface area contributed by atoms with Gasteiger partial charge < -0.3 is 15.2 Å². The van der Waals surface area contributed by atoms with Crippen LogP contribution in [0.2, 0.25) is 0 Å². The molecule has 1 aliphatic heterocycles. The van der Waals surface area contributed by atoms with Crippen LogP contribution in [0.3, 0.4) is 0 Å². The SMILES string of the molecule is NC(CC(=O)N1CCn2c(C(F)(F)F)nc(C3CCCC3)c2C1)Cc1cc(F)c(F)cc1F. The van der Waals surface area contributed by atoms with Crippen LogP contribution in [0, 0.1) is 17.5 Å². The van der Waals surface area contributed by atoms with Crippen molar-refractivity contribution in [3.8, 4) is 0 Å². The number of carbonyl (C=O) groups excluding carboxylic acids is 1. The van der Waals surface area contributed by atoms with Gasteiger partial charge in [-0.05, 0) is 30.9 Å². The Bertz CT molecular complexity index is 1040. The lowest BCUT2D eigenvalue weighted by Crippen LogP contribution is -2.42. The van der Waals surface area contributed by atoms with Crippen LogP contribution < -0.4 is 5.73 Å². The van der Waals surface area contributed by atoms with E-state index in [-0.39, 0.29) is 44.0 Å². The highest BCUT2D eigenvalue weighted by atomic mass is 19.4. The molecule has 1 fully saturated rings. The molecule has 2 aliphatic rings. The van der Waals surface area contributed by atoms with Gasteiger partial charge >= 0.3 is 6.18 Å². The molecule has 1 aliphatic carbocycles. The topological polar surface area (TPSA) is 64.2 Å². The lowest BCUT2D eigenvalue weighted by Gasteiger charge is -2.31. The summed E-state index contributed by atoms with van der Waals surface area (Å²) in [5.41, 5.74) is 6.62. The Morgan fingerprint density at radius 3 is 2.42 bits per heavy atom. The standard InChI is InChI=1S/C22H24F6N4O/c23-15-10-17(25)16(24)8-13(15)7-14(29)9-19(33)31-5-6-32-18(11-31)20(12-3-1-2-4-12)30-21(32)22(26,27)28/h8,10,12,14H,1-7,9,11,29H2. The van der Waals surface area contributed by atoms with Crippen LogP contribution >= 0.6 is 0 Å². The summed E-state index contributed by atoms with van der Waals surface area (Å²) >= 11 is 0. The van der Waals surface area contributed by atoms with E-state index in [0.717, 1.165) is 30.3 Å². The van der Waals surface area contributed by atoms with Gasteiger partial charge in [0.05, 0.1) is 17.9 Å². The number of fused-ring (bicyclic) bond motifs is 1. The van der Waals surface area contributed by atoms with E-state index in [1.54, 1.807) is 0 Å². The molecule has 4 rings (SSSR count). The van der Waals surface area contributed by atoms with Crippen LogP contribution in [-0.2, 0) is 30.5 Å². The largest absolute Gasteiger partial charge is 0.449 e. The average Bonchev–Trinajstić information content (AvgIpc) is 3.38. The summed E-state index contributed by atoms with van der Waals surface area (Å²) in [6.07, 6.45) is -1.61. The van der Waals surface area contributed by atoms with Crippen molar-refractivity contribution in [3.63, 3.8) is 0 Å². The highest BCUT2D eigenvalue weighted by Crippen LogP contribution is 2.40. The van der Waals surface area contributed by atoms with Crippen molar-refractivity contribution >= 4 is 5.91 Å². The predicted octanol–water partition coefficient (Wildman–Crippen LogP) is 4.28. The van der Waals surface area contributed by atoms with Crippen molar-refractivity contribution in [1.29, 1.82) is 0 Å². The molecule has 1 saturated carbocycles. The highest BCUT2D eigenvalue weighted by Gasteiger charge is 2.42. The number of amides is 1. The number of nitrogens with zero attached hydrogens (tertiary/aromatic N) is 3. The third-order valence-corrected chi connectivity index (χ3v) is 6.39. The zero-order valence-electron chi connectivity index (χ0n) is 17.8. The summed E-state index contributed by atoms with van der Waals surface area (Å²) in [4.78, 5) is 18.2. The summed E-state index contributed by atoms with van der Waals surface area (Å²) in [5.74, 6) is -4.88. The minimum Gasteiger partial charge on any atom is -0.335 e. The Balaban J connectivity index is 1.48. The maximum absolute atomic E-state index is 13.9. The molecule has 1 atom stereocenters. The lowest BCUT2D eigenvalue weighted by atomic mass is 10.0. The number of hydrogen-bond acceptors (Lipinski definition) is 3.